The van der Waals surface area contributed by atoms with Crippen molar-refractivity contribution in [3.05, 3.63) is 44.6 Å². The van der Waals surface area contributed by atoms with Gasteiger partial charge in [-0.1, -0.05) is 28.9 Å². The maximum atomic E-state index is 10.3. The summed E-state index contributed by atoms with van der Waals surface area (Å²) in [5.74, 6) is 0. The molecule has 1 aromatic heterocycles. The highest BCUT2D eigenvalue weighted by Gasteiger charge is 2.21. The average Bonchev–Trinajstić information content (AvgIpc) is 2.58. The number of aryl methyl sites for hydroxylation is 2. The van der Waals surface area contributed by atoms with Gasteiger partial charge in [0.15, 0.2) is 4.60 Å². The standard InChI is InChI=1S/C11H11BrClN3O/c1-6-3-4-7(8(13)5-6)10(17)9-11(12)14-15-16(9)2/h3-5,10,17H,1-2H3. The van der Waals surface area contributed by atoms with Crippen molar-refractivity contribution in [2.75, 3.05) is 0 Å². The van der Waals surface area contributed by atoms with Gasteiger partial charge in [0.25, 0.3) is 0 Å². The number of halogens is 2. The summed E-state index contributed by atoms with van der Waals surface area (Å²) in [6.45, 7) is 1.95. The maximum absolute atomic E-state index is 10.3. The Kier molecular flexibility index (Phi) is 3.51. The molecule has 1 atom stereocenters. The predicted octanol–water partition coefficient (Wildman–Crippen LogP) is 2.62. The third-order valence-electron chi connectivity index (χ3n) is 2.54. The van der Waals surface area contributed by atoms with Crippen LogP contribution in [0.3, 0.4) is 0 Å². The van der Waals surface area contributed by atoms with Gasteiger partial charge in [-0.2, -0.15) is 0 Å². The van der Waals surface area contributed by atoms with E-state index in [0.29, 0.717) is 20.9 Å². The first-order valence-electron chi connectivity index (χ1n) is 5.00. The summed E-state index contributed by atoms with van der Waals surface area (Å²) in [4.78, 5) is 0. The molecule has 1 unspecified atom stereocenters. The molecule has 0 aliphatic heterocycles. The van der Waals surface area contributed by atoms with Crippen LogP contribution in [0.2, 0.25) is 5.02 Å². The van der Waals surface area contributed by atoms with Gasteiger partial charge in [-0.3, -0.25) is 0 Å². The molecule has 1 aromatic carbocycles. The van der Waals surface area contributed by atoms with E-state index >= 15 is 0 Å². The molecule has 2 aromatic rings. The molecule has 4 nitrogen and oxygen atoms in total. The highest BCUT2D eigenvalue weighted by Crippen LogP contribution is 2.31. The van der Waals surface area contributed by atoms with Gasteiger partial charge in [-0.05, 0) is 34.5 Å². The molecule has 1 N–H and O–H groups in total. The smallest absolute Gasteiger partial charge is 0.154 e. The molecule has 17 heavy (non-hydrogen) atoms. The molecule has 90 valence electrons. The van der Waals surface area contributed by atoms with Gasteiger partial charge in [0.2, 0.25) is 0 Å². The number of aliphatic hydroxyl groups is 1. The lowest BCUT2D eigenvalue weighted by atomic mass is 10.1. The quantitative estimate of drug-likeness (QED) is 0.926. The van der Waals surface area contributed by atoms with E-state index in [9.17, 15) is 5.11 Å². The molecular formula is C11H11BrClN3O. The highest BCUT2D eigenvalue weighted by atomic mass is 79.9. The number of rotatable bonds is 2. The first-order valence-corrected chi connectivity index (χ1v) is 6.17. The Hall–Kier alpha value is -0.910. The van der Waals surface area contributed by atoms with Gasteiger partial charge in [0, 0.05) is 17.6 Å². The average molecular weight is 317 g/mol. The SMILES string of the molecule is Cc1ccc(C(O)c2c(Br)nnn2C)c(Cl)c1. The van der Waals surface area contributed by atoms with Crippen LogP contribution in [0.15, 0.2) is 22.8 Å². The van der Waals surface area contributed by atoms with Crippen molar-refractivity contribution < 1.29 is 5.11 Å². The fourth-order valence-corrected chi connectivity index (χ4v) is 2.51. The molecule has 0 amide bonds. The minimum atomic E-state index is -0.850. The lowest BCUT2D eigenvalue weighted by Crippen LogP contribution is -2.08. The Morgan fingerprint density at radius 3 is 2.71 bits per heavy atom. The van der Waals surface area contributed by atoms with Crippen molar-refractivity contribution in [1.29, 1.82) is 0 Å². The van der Waals surface area contributed by atoms with Crippen LogP contribution in [0, 0.1) is 6.92 Å². The van der Waals surface area contributed by atoms with E-state index in [1.807, 2.05) is 25.1 Å². The zero-order chi connectivity index (χ0) is 12.6. The van der Waals surface area contributed by atoms with Crippen molar-refractivity contribution in [1.82, 2.24) is 15.0 Å². The number of aromatic nitrogens is 3. The normalized spacial score (nSPS) is 12.8. The molecule has 1 heterocycles. The largest absolute Gasteiger partial charge is 0.382 e. The van der Waals surface area contributed by atoms with Gasteiger partial charge in [0.1, 0.15) is 11.8 Å². The highest BCUT2D eigenvalue weighted by molar-refractivity contribution is 9.10. The summed E-state index contributed by atoms with van der Waals surface area (Å²) in [5.41, 5.74) is 2.27. The molecular weight excluding hydrogens is 305 g/mol. The Morgan fingerprint density at radius 1 is 1.47 bits per heavy atom. The van der Waals surface area contributed by atoms with E-state index in [0.717, 1.165) is 5.56 Å². The summed E-state index contributed by atoms with van der Waals surface area (Å²) in [6, 6.07) is 5.53. The number of benzene rings is 1. The van der Waals surface area contributed by atoms with E-state index in [4.69, 9.17) is 11.6 Å². The molecule has 2 rings (SSSR count). The van der Waals surface area contributed by atoms with Gasteiger partial charge >= 0.3 is 0 Å². The second-order valence-electron chi connectivity index (χ2n) is 3.82. The predicted molar refractivity (Wildman–Crippen MR) is 69.0 cm³/mol. The second kappa shape index (κ2) is 4.76. The molecule has 0 bridgehead atoms. The van der Waals surface area contributed by atoms with E-state index < -0.39 is 6.10 Å². The third kappa shape index (κ3) is 2.36. The van der Waals surface area contributed by atoms with Crippen molar-refractivity contribution in [2.45, 2.75) is 13.0 Å². The van der Waals surface area contributed by atoms with Crippen molar-refractivity contribution in [3.63, 3.8) is 0 Å². The number of nitrogens with zero attached hydrogens (tertiary/aromatic N) is 3. The molecule has 0 aliphatic carbocycles. The van der Waals surface area contributed by atoms with Gasteiger partial charge in [0.05, 0.1) is 0 Å². The number of hydrogen-bond acceptors (Lipinski definition) is 3. The minimum Gasteiger partial charge on any atom is -0.382 e. The summed E-state index contributed by atoms with van der Waals surface area (Å²) in [6.07, 6.45) is -0.850. The zero-order valence-electron chi connectivity index (χ0n) is 9.35. The lowest BCUT2D eigenvalue weighted by molar-refractivity contribution is 0.209. The third-order valence-corrected chi connectivity index (χ3v) is 3.43. The summed E-state index contributed by atoms with van der Waals surface area (Å²) in [5, 5.41) is 18.5. The Bertz CT molecular complexity index is 536. The molecule has 0 saturated carbocycles. The lowest BCUT2D eigenvalue weighted by Gasteiger charge is -2.13. The van der Waals surface area contributed by atoms with Crippen LogP contribution in [0.25, 0.3) is 0 Å². The fraction of sp³-hybridized carbons (Fsp3) is 0.273. The van der Waals surface area contributed by atoms with E-state index in [1.54, 1.807) is 7.05 Å². The van der Waals surface area contributed by atoms with Crippen molar-refractivity contribution in [2.24, 2.45) is 7.05 Å². The first kappa shape index (κ1) is 12.5. The fourth-order valence-electron chi connectivity index (χ4n) is 1.63. The van der Waals surface area contributed by atoms with E-state index in [-0.39, 0.29) is 0 Å². The monoisotopic (exact) mass is 315 g/mol. The summed E-state index contributed by atoms with van der Waals surface area (Å²) < 4.78 is 2.04. The molecule has 6 heteroatoms. The van der Waals surface area contributed by atoms with Gasteiger partial charge in [-0.15, -0.1) is 5.10 Å². The topological polar surface area (TPSA) is 50.9 Å². The van der Waals surface area contributed by atoms with Crippen LogP contribution in [-0.2, 0) is 7.05 Å². The van der Waals surface area contributed by atoms with Gasteiger partial charge in [-0.25, -0.2) is 4.68 Å². The van der Waals surface area contributed by atoms with Crippen LogP contribution < -0.4 is 0 Å². The first-order chi connectivity index (χ1) is 8.00. The summed E-state index contributed by atoms with van der Waals surface area (Å²) in [7, 11) is 1.72. The molecule has 0 saturated heterocycles. The second-order valence-corrected chi connectivity index (χ2v) is 4.97. The Labute approximate surface area is 112 Å². The minimum absolute atomic E-state index is 0.518. The van der Waals surface area contributed by atoms with Crippen LogP contribution >= 0.6 is 27.5 Å². The van der Waals surface area contributed by atoms with E-state index in [2.05, 4.69) is 26.2 Å². The number of aliphatic hydroxyl groups excluding tert-OH is 1. The Morgan fingerprint density at radius 2 is 2.18 bits per heavy atom. The molecule has 0 radical (unpaired) electrons. The van der Waals surface area contributed by atoms with Crippen LogP contribution in [0.4, 0.5) is 0 Å². The Balaban J connectivity index is 2.47. The van der Waals surface area contributed by atoms with Crippen LogP contribution in [-0.4, -0.2) is 20.1 Å². The molecule has 0 aliphatic rings. The molecule has 0 spiro atoms. The van der Waals surface area contributed by atoms with Crippen molar-refractivity contribution >= 4 is 27.5 Å². The summed E-state index contributed by atoms with van der Waals surface area (Å²) >= 11 is 9.38. The number of hydrogen-bond donors (Lipinski definition) is 1. The maximum Gasteiger partial charge on any atom is 0.154 e. The van der Waals surface area contributed by atoms with Gasteiger partial charge < -0.3 is 5.11 Å². The van der Waals surface area contributed by atoms with Crippen LogP contribution in [0.1, 0.15) is 22.9 Å². The van der Waals surface area contributed by atoms with Crippen molar-refractivity contribution in [3.8, 4) is 0 Å². The zero-order valence-corrected chi connectivity index (χ0v) is 11.7. The van der Waals surface area contributed by atoms with E-state index in [1.165, 1.54) is 4.68 Å². The van der Waals surface area contributed by atoms with Crippen LogP contribution in [0.5, 0.6) is 0 Å². The molecule has 0 fully saturated rings.